The first kappa shape index (κ1) is 12.6. The van der Waals surface area contributed by atoms with E-state index in [-0.39, 0.29) is 5.54 Å². The standard InChI is InChI=1S/C15H24N2/c1-4-13-7-9-15(10-8-13,17(2)3)14-6-5-11-16-12-14/h5-6,11-13H,4,7-10H2,1-3H3. The van der Waals surface area contributed by atoms with E-state index in [1.54, 1.807) is 0 Å². The third-order valence-corrected chi connectivity index (χ3v) is 4.56. The van der Waals surface area contributed by atoms with Crippen molar-refractivity contribution in [2.45, 2.75) is 44.6 Å². The highest BCUT2D eigenvalue weighted by molar-refractivity contribution is 5.21. The summed E-state index contributed by atoms with van der Waals surface area (Å²) in [6.07, 6.45) is 10.5. The van der Waals surface area contributed by atoms with E-state index in [1.165, 1.54) is 37.7 Å². The van der Waals surface area contributed by atoms with E-state index in [0.717, 1.165) is 5.92 Å². The third kappa shape index (κ3) is 2.37. The summed E-state index contributed by atoms with van der Waals surface area (Å²) in [5.74, 6) is 0.930. The summed E-state index contributed by atoms with van der Waals surface area (Å²) < 4.78 is 0. The molecule has 2 nitrogen and oxygen atoms in total. The van der Waals surface area contributed by atoms with Gasteiger partial charge < -0.3 is 0 Å². The minimum absolute atomic E-state index is 0.222. The Balaban J connectivity index is 2.24. The molecule has 94 valence electrons. The minimum Gasteiger partial charge on any atom is -0.300 e. The van der Waals surface area contributed by atoms with Crippen molar-refractivity contribution >= 4 is 0 Å². The number of hydrogen-bond donors (Lipinski definition) is 0. The van der Waals surface area contributed by atoms with E-state index >= 15 is 0 Å². The fraction of sp³-hybridized carbons (Fsp3) is 0.667. The molecule has 1 aromatic heterocycles. The van der Waals surface area contributed by atoms with Gasteiger partial charge in [0.25, 0.3) is 0 Å². The average molecular weight is 232 g/mol. The van der Waals surface area contributed by atoms with Crippen LogP contribution in [0.25, 0.3) is 0 Å². The summed E-state index contributed by atoms with van der Waals surface area (Å²) in [6, 6.07) is 4.30. The summed E-state index contributed by atoms with van der Waals surface area (Å²) in [5.41, 5.74) is 1.61. The van der Waals surface area contributed by atoms with Crippen molar-refractivity contribution in [3.05, 3.63) is 30.1 Å². The SMILES string of the molecule is CCC1CCC(c2cccnc2)(N(C)C)CC1. The second-order valence-corrected chi connectivity index (χ2v) is 5.52. The number of nitrogens with zero attached hydrogens (tertiary/aromatic N) is 2. The quantitative estimate of drug-likeness (QED) is 0.793. The second-order valence-electron chi connectivity index (χ2n) is 5.52. The maximum absolute atomic E-state index is 4.30. The lowest BCUT2D eigenvalue weighted by Gasteiger charge is -2.45. The van der Waals surface area contributed by atoms with Gasteiger partial charge in [-0.1, -0.05) is 19.4 Å². The first-order chi connectivity index (χ1) is 8.19. The van der Waals surface area contributed by atoms with Crippen LogP contribution in [-0.4, -0.2) is 24.0 Å². The summed E-state index contributed by atoms with van der Waals surface area (Å²) >= 11 is 0. The highest BCUT2D eigenvalue weighted by Crippen LogP contribution is 2.43. The predicted molar refractivity (Wildman–Crippen MR) is 71.9 cm³/mol. The van der Waals surface area contributed by atoms with Crippen molar-refractivity contribution in [3.8, 4) is 0 Å². The molecule has 0 spiro atoms. The van der Waals surface area contributed by atoms with Crippen LogP contribution in [0.15, 0.2) is 24.5 Å². The van der Waals surface area contributed by atoms with E-state index in [2.05, 4.69) is 43.0 Å². The Kier molecular flexibility index (Phi) is 3.82. The van der Waals surface area contributed by atoms with Crippen LogP contribution in [0.2, 0.25) is 0 Å². The number of rotatable bonds is 3. The van der Waals surface area contributed by atoms with Crippen molar-refractivity contribution in [1.82, 2.24) is 9.88 Å². The molecule has 17 heavy (non-hydrogen) atoms. The monoisotopic (exact) mass is 232 g/mol. The summed E-state index contributed by atoms with van der Waals surface area (Å²) in [5, 5.41) is 0. The van der Waals surface area contributed by atoms with E-state index < -0.39 is 0 Å². The molecule has 1 aromatic rings. The molecule has 0 unspecified atom stereocenters. The van der Waals surface area contributed by atoms with Crippen LogP contribution in [0.4, 0.5) is 0 Å². The molecule has 1 aliphatic carbocycles. The largest absolute Gasteiger partial charge is 0.300 e. The van der Waals surface area contributed by atoms with Crippen molar-refractivity contribution in [2.24, 2.45) is 5.92 Å². The van der Waals surface area contributed by atoms with Gasteiger partial charge in [0, 0.05) is 17.9 Å². The fourth-order valence-electron chi connectivity index (χ4n) is 3.20. The third-order valence-electron chi connectivity index (χ3n) is 4.56. The number of hydrogen-bond acceptors (Lipinski definition) is 2. The van der Waals surface area contributed by atoms with Crippen molar-refractivity contribution < 1.29 is 0 Å². The Morgan fingerprint density at radius 2 is 2.06 bits per heavy atom. The van der Waals surface area contributed by atoms with Crippen LogP contribution in [0.3, 0.4) is 0 Å². The van der Waals surface area contributed by atoms with Crippen LogP contribution < -0.4 is 0 Å². The molecule has 0 amide bonds. The van der Waals surface area contributed by atoms with Crippen LogP contribution >= 0.6 is 0 Å². The van der Waals surface area contributed by atoms with Crippen LogP contribution in [0, 0.1) is 5.92 Å². The van der Waals surface area contributed by atoms with E-state index in [9.17, 15) is 0 Å². The molecule has 2 heteroatoms. The van der Waals surface area contributed by atoms with Crippen LogP contribution in [-0.2, 0) is 5.54 Å². The second kappa shape index (κ2) is 5.18. The average Bonchev–Trinajstić information content (AvgIpc) is 2.39. The van der Waals surface area contributed by atoms with Gasteiger partial charge in [-0.3, -0.25) is 9.88 Å². The van der Waals surface area contributed by atoms with E-state index in [1.807, 2.05) is 12.4 Å². The molecule has 0 aromatic carbocycles. The molecule has 0 radical (unpaired) electrons. The molecular weight excluding hydrogens is 208 g/mol. The first-order valence-corrected chi connectivity index (χ1v) is 6.77. The van der Waals surface area contributed by atoms with Crippen LogP contribution in [0.5, 0.6) is 0 Å². The van der Waals surface area contributed by atoms with Gasteiger partial charge in [0.1, 0.15) is 0 Å². The van der Waals surface area contributed by atoms with Gasteiger partial charge in [0.05, 0.1) is 0 Å². The van der Waals surface area contributed by atoms with Crippen LogP contribution in [0.1, 0.15) is 44.6 Å². The molecule has 1 saturated carbocycles. The van der Waals surface area contributed by atoms with E-state index in [4.69, 9.17) is 0 Å². The molecule has 0 atom stereocenters. The zero-order valence-corrected chi connectivity index (χ0v) is 11.3. The topological polar surface area (TPSA) is 16.1 Å². The molecular formula is C15H24N2. The zero-order valence-electron chi connectivity index (χ0n) is 11.3. The van der Waals surface area contributed by atoms with E-state index in [0.29, 0.717) is 0 Å². The molecule has 2 rings (SSSR count). The zero-order chi connectivity index (χ0) is 12.3. The number of aromatic nitrogens is 1. The summed E-state index contributed by atoms with van der Waals surface area (Å²) in [7, 11) is 4.42. The molecule has 1 heterocycles. The summed E-state index contributed by atoms with van der Waals surface area (Å²) in [4.78, 5) is 6.70. The minimum atomic E-state index is 0.222. The van der Waals surface area contributed by atoms with Gasteiger partial charge in [-0.15, -0.1) is 0 Å². The highest BCUT2D eigenvalue weighted by atomic mass is 15.1. The van der Waals surface area contributed by atoms with Gasteiger partial charge in [-0.25, -0.2) is 0 Å². The fourth-order valence-corrected chi connectivity index (χ4v) is 3.20. The van der Waals surface area contributed by atoms with Crippen molar-refractivity contribution in [3.63, 3.8) is 0 Å². The first-order valence-electron chi connectivity index (χ1n) is 6.77. The lowest BCUT2D eigenvalue weighted by Crippen LogP contribution is -2.44. The Hall–Kier alpha value is -0.890. The smallest absolute Gasteiger partial charge is 0.0470 e. The van der Waals surface area contributed by atoms with Gasteiger partial charge in [-0.2, -0.15) is 0 Å². The predicted octanol–water partition coefficient (Wildman–Crippen LogP) is 3.44. The molecule has 0 bridgehead atoms. The Labute approximate surface area is 105 Å². The lowest BCUT2D eigenvalue weighted by atomic mass is 9.72. The molecule has 1 fully saturated rings. The Morgan fingerprint density at radius 1 is 1.35 bits per heavy atom. The Bertz CT molecular complexity index is 337. The summed E-state index contributed by atoms with van der Waals surface area (Å²) in [6.45, 7) is 2.32. The maximum atomic E-state index is 4.30. The van der Waals surface area contributed by atoms with Crippen molar-refractivity contribution in [1.29, 1.82) is 0 Å². The van der Waals surface area contributed by atoms with Gasteiger partial charge in [0.15, 0.2) is 0 Å². The van der Waals surface area contributed by atoms with Gasteiger partial charge in [0.2, 0.25) is 0 Å². The van der Waals surface area contributed by atoms with Gasteiger partial charge in [-0.05, 0) is 57.3 Å². The normalized spacial score (nSPS) is 29.5. The van der Waals surface area contributed by atoms with Gasteiger partial charge >= 0.3 is 0 Å². The maximum Gasteiger partial charge on any atom is 0.0470 e. The molecule has 0 aliphatic heterocycles. The van der Waals surface area contributed by atoms with Crippen molar-refractivity contribution in [2.75, 3.05) is 14.1 Å². The highest BCUT2D eigenvalue weighted by Gasteiger charge is 2.38. The Morgan fingerprint density at radius 3 is 2.53 bits per heavy atom. The lowest BCUT2D eigenvalue weighted by molar-refractivity contribution is 0.0761. The molecule has 1 aliphatic rings. The number of pyridine rings is 1. The molecule has 0 saturated heterocycles. The molecule has 0 N–H and O–H groups in total.